The van der Waals surface area contributed by atoms with Crippen LogP contribution in [0, 0.1) is 5.82 Å². The molecule has 4 aromatic rings. The molecule has 0 unspecified atom stereocenters. The van der Waals surface area contributed by atoms with Crippen molar-refractivity contribution in [3.8, 4) is 17.2 Å². The highest BCUT2D eigenvalue weighted by Crippen LogP contribution is 2.71. The summed E-state index contributed by atoms with van der Waals surface area (Å²) in [6.45, 7) is 9.40. The first-order valence-corrected chi connectivity index (χ1v) is 18.8. The van der Waals surface area contributed by atoms with Crippen LogP contribution in [0.1, 0.15) is 20.8 Å². The zero-order valence-electron chi connectivity index (χ0n) is 27.5. The maximum Gasteiger partial charge on any atom is 0.307 e. The van der Waals surface area contributed by atoms with Crippen molar-refractivity contribution in [2.24, 2.45) is 0 Å². The summed E-state index contributed by atoms with van der Waals surface area (Å²) in [6, 6.07) is 26.0. The van der Waals surface area contributed by atoms with E-state index in [0.717, 1.165) is 12.1 Å². The Kier molecular flexibility index (Phi) is 14.5. The summed E-state index contributed by atoms with van der Waals surface area (Å²) < 4.78 is 83.1. The van der Waals surface area contributed by atoms with Crippen molar-refractivity contribution in [2.45, 2.75) is 40.4 Å². The molecule has 48 heavy (non-hydrogen) atoms. The maximum absolute atomic E-state index is 14.2. The van der Waals surface area contributed by atoms with E-state index < -0.39 is 26.2 Å². The first kappa shape index (κ1) is 37.2. The van der Waals surface area contributed by atoms with Crippen LogP contribution in [0.25, 0.3) is 0 Å². The Morgan fingerprint density at radius 3 is 1.23 bits per heavy atom. The van der Waals surface area contributed by atoms with Crippen molar-refractivity contribution in [1.82, 2.24) is 0 Å². The third-order valence-electron chi connectivity index (χ3n) is 6.81. The van der Waals surface area contributed by atoms with Gasteiger partial charge in [0.05, 0.1) is 24.7 Å². The van der Waals surface area contributed by atoms with Crippen molar-refractivity contribution >= 4 is 20.4 Å². The zero-order valence-corrected chi connectivity index (χ0v) is 29.1. The molecule has 0 N–H and O–H groups in total. The normalized spacial score (nSPS) is 12.1. The van der Waals surface area contributed by atoms with Gasteiger partial charge in [-0.05, 0) is 110 Å². The zero-order chi connectivity index (χ0) is 34.2. The Hall–Kier alpha value is -3.65. The van der Waals surface area contributed by atoms with Gasteiger partial charge in [0.15, 0.2) is 0 Å². The average Bonchev–Trinajstić information content (AvgIpc) is 3.10. The molecule has 12 heteroatoms. The molecular formula is C36H43FO9S2. The molecule has 4 rings (SSSR count). The van der Waals surface area contributed by atoms with E-state index in [2.05, 4.69) is 0 Å². The summed E-state index contributed by atoms with van der Waals surface area (Å²) in [5.41, 5.74) is 0. The minimum atomic E-state index is -4.50. The van der Waals surface area contributed by atoms with Gasteiger partial charge in [0, 0.05) is 34.5 Å². The fraction of sp³-hybridized carbons (Fsp3) is 0.333. The molecule has 260 valence electrons. The van der Waals surface area contributed by atoms with Crippen LogP contribution < -0.4 is 14.2 Å². The standard InChI is InChI=1S/C36H43FO9S2/c1-4-40-20-23-43-30-10-7-13-34(26-30)47(46-48(38,39)33-18-16-29(37)17-19-33,35-14-8-11-31(27-35)44-24-21-41-5-2)36-15-9-12-32(28-36)45-25-22-42-6-3/h7-19,26-28H,4-6,20-25H2,1-3H3. The lowest BCUT2D eigenvalue weighted by molar-refractivity contribution is 0.110. The second-order valence-electron chi connectivity index (χ2n) is 10.1. The smallest absolute Gasteiger partial charge is 0.307 e. The molecule has 0 bridgehead atoms. The molecule has 0 spiro atoms. The lowest BCUT2D eigenvalue weighted by Crippen LogP contribution is -2.15. The van der Waals surface area contributed by atoms with Gasteiger partial charge in [-0.25, -0.2) is 8.02 Å². The predicted molar refractivity (Wildman–Crippen MR) is 182 cm³/mol. The van der Waals surface area contributed by atoms with Gasteiger partial charge in [-0.3, -0.25) is 0 Å². The van der Waals surface area contributed by atoms with Crippen LogP contribution in [0.2, 0.25) is 0 Å². The Bertz CT molecular complexity index is 1530. The predicted octanol–water partition coefficient (Wildman–Crippen LogP) is 7.67. The number of benzene rings is 4. The molecule has 0 saturated carbocycles. The largest absolute Gasteiger partial charge is 0.491 e. The molecular weight excluding hydrogens is 660 g/mol. The molecule has 0 amide bonds. The number of hydrogen-bond acceptors (Lipinski definition) is 9. The topological polar surface area (TPSA) is 98.8 Å². The summed E-state index contributed by atoms with van der Waals surface area (Å²) in [5, 5.41) is 0. The summed E-state index contributed by atoms with van der Waals surface area (Å²) in [4.78, 5) is 1.39. The Labute approximate surface area is 284 Å². The molecule has 0 fully saturated rings. The van der Waals surface area contributed by atoms with E-state index in [4.69, 9.17) is 32.1 Å². The van der Waals surface area contributed by atoms with Crippen molar-refractivity contribution < 1.29 is 44.9 Å². The Morgan fingerprint density at radius 1 is 0.500 bits per heavy atom. The molecule has 0 heterocycles. The van der Waals surface area contributed by atoms with Crippen LogP contribution in [-0.4, -0.2) is 67.9 Å². The molecule has 4 aromatic carbocycles. The highest BCUT2D eigenvalue weighted by Gasteiger charge is 2.39. The van der Waals surface area contributed by atoms with Crippen LogP contribution in [-0.2, 0) is 28.0 Å². The van der Waals surface area contributed by atoms with Gasteiger partial charge >= 0.3 is 10.1 Å². The molecule has 0 aliphatic heterocycles. The second-order valence-corrected chi connectivity index (χ2v) is 14.5. The minimum absolute atomic E-state index is 0.196. The first-order valence-electron chi connectivity index (χ1n) is 15.8. The van der Waals surface area contributed by atoms with Gasteiger partial charge in [-0.2, -0.15) is 8.42 Å². The fourth-order valence-corrected chi connectivity index (χ4v) is 9.89. The van der Waals surface area contributed by atoms with Crippen LogP contribution >= 0.6 is 10.3 Å². The number of halogens is 1. The number of rotatable bonds is 21. The van der Waals surface area contributed by atoms with Gasteiger partial charge < -0.3 is 28.4 Å². The van der Waals surface area contributed by atoms with Crippen molar-refractivity contribution in [1.29, 1.82) is 0 Å². The van der Waals surface area contributed by atoms with E-state index in [1.54, 1.807) is 72.8 Å². The van der Waals surface area contributed by atoms with E-state index in [9.17, 15) is 12.8 Å². The first-order chi connectivity index (χ1) is 23.3. The van der Waals surface area contributed by atoms with E-state index in [1.807, 2.05) is 20.8 Å². The highest BCUT2D eigenvalue weighted by atomic mass is 32.3. The number of ether oxygens (including phenoxy) is 6. The van der Waals surface area contributed by atoms with Gasteiger partial charge in [0.1, 0.15) is 42.9 Å². The minimum Gasteiger partial charge on any atom is -0.491 e. The van der Waals surface area contributed by atoms with Crippen LogP contribution in [0.4, 0.5) is 4.39 Å². The van der Waals surface area contributed by atoms with Gasteiger partial charge in [0.25, 0.3) is 0 Å². The summed E-state index contributed by atoms with van der Waals surface area (Å²) in [7, 11) is -7.64. The van der Waals surface area contributed by atoms with E-state index in [1.165, 1.54) is 12.1 Å². The van der Waals surface area contributed by atoms with Gasteiger partial charge in [-0.1, -0.05) is 18.2 Å². The van der Waals surface area contributed by atoms with Crippen molar-refractivity contribution in [3.05, 3.63) is 103 Å². The molecule has 0 aromatic heterocycles. The molecule has 0 radical (unpaired) electrons. The van der Waals surface area contributed by atoms with Crippen LogP contribution in [0.3, 0.4) is 0 Å². The summed E-state index contributed by atoms with van der Waals surface area (Å²) >= 11 is 0. The molecule has 0 aliphatic carbocycles. The molecule has 0 atom stereocenters. The average molecular weight is 703 g/mol. The Morgan fingerprint density at radius 2 is 0.875 bits per heavy atom. The summed E-state index contributed by atoms with van der Waals surface area (Å²) in [6.07, 6.45) is 0. The molecule has 0 aliphatic rings. The van der Waals surface area contributed by atoms with Crippen LogP contribution in [0.15, 0.2) is 117 Å². The third-order valence-corrected chi connectivity index (χ3v) is 11.9. The maximum atomic E-state index is 14.2. The Balaban J connectivity index is 1.92. The van der Waals surface area contributed by atoms with E-state index in [-0.39, 0.29) is 4.90 Å². The monoisotopic (exact) mass is 702 g/mol. The molecule has 0 saturated heterocycles. The lowest BCUT2D eigenvalue weighted by Gasteiger charge is -2.39. The second kappa shape index (κ2) is 18.8. The van der Waals surface area contributed by atoms with E-state index in [0.29, 0.717) is 91.4 Å². The quantitative estimate of drug-likeness (QED) is 0.0810. The third kappa shape index (κ3) is 10.2. The fourth-order valence-electron chi connectivity index (χ4n) is 4.62. The lowest BCUT2D eigenvalue weighted by atomic mass is 10.3. The highest BCUT2D eigenvalue weighted by molar-refractivity contribution is 8.33. The van der Waals surface area contributed by atoms with Crippen LogP contribution in [0.5, 0.6) is 17.2 Å². The SMILES string of the molecule is CCOCCOc1cccc(S(OS(=O)(=O)c2ccc(F)cc2)(c2cccc(OCCOCC)c2)c2cccc(OCCOCC)c2)c1. The van der Waals surface area contributed by atoms with Gasteiger partial charge in [0.2, 0.25) is 0 Å². The summed E-state index contributed by atoms with van der Waals surface area (Å²) in [5.74, 6) is 0.929. The van der Waals surface area contributed by atoms with Crippen molar-refractivity contribution in [3.63, 3.8) is 0 Å². The van der Waals surface area contributed by atoms with Crippen molar-refractivity contribution in [2.75, 3.05) is 59.5 Å². The number of hydrogen-bond donors (Lipinski definition) is 0. The van der Waals surface area contributed by atoms with Gasteiger partial charge in [-0.15, -0.1) is 0 Å². The molecule has 9 nitrogen and oxygen atoms in total. The van der Waals surface area contributed by atoms with E-state index >= 15 is 0 Å².